The van der Waals surface area contributed by atoms with E-state index in [4.69, 9.17) is 0 Å². The Labute approximate surface area is 495 Å². The number of hydrogen-bond acceptors (Lipinski definition) is 9. The van der Waals surface area contributed by atoms with Crippen molar-refractivity contribution in [3.05, 3.63) is 237 Å². The number of fused-ring (bicyclic) bond motifs is 6. The van der Waals surface area contributed by atoms with Crippen molar-refractivity contribution in [2.75, 3.05) is 0 Å². The van der Waals surface area contributed by atoms with Crippen molar-refractivity contribution in [1.29, 1.82) is 47.4 Å². The Morgan fingerprint density at radius 3 is 0.898 bits per heavy atom. The summed E-state index contributed by atoms with van der Waals surface area (Å²) in [5.41, 5.74) is 2.52. The summed E-state index contributed by atoms with van der Waals surface area (Å²) in [6.45, 7) is 0. The van der Waals surface area contributed by atoms with Crippen molar-refractivity contribution in [1.82, 2.24) is 9.13 Å². The van der Waals surface area contributed by atoms with Crippen LogP contribution in [0.4, 0.5) is 26.3 Å². The van der Waals surface area contributed by atoms with Gasteiger partial charge in [-0.2, -0.15) is 73.7 Å². The summed E-state index contributed by atoms with van der Waals surface area (Å²) in [6, 6.07) is 62.2. The largest absolute Gasteiger partial charge is 0.416 e. The molecular formula is C71H29F6N11. The third kappa shape index (κ3) is 9.30. The SMILES string of the molecule is N#Cc1ccc(-c2ccc3c(c2)c2ccc(-c4ccc(C#N)cc4C#N)cc2n3-c2cc(C#N)c(-c3cc(C(F)(F)F)cc(C(F)(F)F)c3)cc2-n2c3ccc(-c4ccc(C#N)cc4C#N)cc3c3ccc(-c4ccc(C#N)cc4C#N)cc32)c(C#N)c1. The highest BCUT2D eigenvalue weighted by Crippen LogP contribution is 2.47. The molecule has 2 aromatic heterocycles. The molecule has 410 valence electrons. The first-order valence-electron chi connectivity index (χ1n) is 26.3. The molecule has 88 heavy (non-hydrogen) atoms. The fraction of sp³-hybridized carbons (Fsp3) is 0.0282. The van der Waals surface area contributed by atoms with Crippen LogP contribution in [0.25, 0.3) is 111 Å². The van der Waals surface area contributed by atoms with Crippen molar-refractivity contribution < 1.29 is 26.3 Å². The molecule has 0 aliphatic rings. The normalized spacial score (nSPS) is 11.2. The van der Waals surface area contributed by atoms with Gasteiger partial charge in [-0.1, -0.05) is 60.7 Å². The average Bonchev–Trinajstić information content (AvgIpc) is 1.55. The lowest BCUT2D eigenvalue weighted by Crippen LogP contribution is -2.11. The second-order valence-electron chi connectivity index (χ2n) is 20.3. The van der Waals surface area contributed by atoms with Gasteiger partial charge in [0.05, 0.1) is 149 Å². The third-order valence-corrected chi connectivity index (χ3v) is 15.5. The van der Waals surface area contributed by atoms with Crippen LogP contribution in [0.2, 0.25) is 0 Å². The first kappa shape index (κ1) is 55.3. The highest BCUT2D eigenvalue weighted by atomic mass is 19.4. The maximum atomic E-state index is 14.8. The molecular weight excluding hydrogens is 1120 g/mol. The van der Waals surface area contributed by atoms with Crippen LogP contribution < -0.4 is 0 Å². The van der Waals surface area contributed by atoms with E-state index in [9.17, 15) is 73.7 Å². The molecule has 0 saturated heterocycles. The van der Waals surface area contributed by atoms with Gasteiger partial charge in [-0.05, 0) is 165 Å². The summed E-state index contributed by atoms with van der Waals surface area (Å²) < 4.78 is 92.5. The maximum Gasteiger partial charge on any atom is 0.416 e. The number of halogens is 6. The lowest BCUT2D eigenvalue weighted by molar-refractivity contribution is -0.143. The van der Waals surface area contributed by atoms with Crippen LogP contribution in [0.5, 0.6) is 0 Å². The number of alkyl halides is 6. The fourth-order valence-electron chi connectivity index (χ4n) is 11.4. The number of nitrogens with zero attached hydrogens (tertiary/aromatic N) is 11. The predicted octanol–water partition coefficient (Wildman–Crippen LogP) is 17.1. The maximum absolute atomic E-state index is 14.8. The zero-order valence-corrected chi connectivity index (χ0v) is 44.9. The van der Waals surface area contributed by atoms with Crippen LogP contribution in [0, 0.1) is 102 Å². The molecule has 0 bridgehead atoms. The van der Waals surface area contributed by atoms with Crippen LogP contribution >= 0.6 is 0 Å². The quantitative estimate of drug-likeness (QED) is 0.138. The molecule has 0 fully saturated rings. The Balaban J connectivity index is 1.27. The number of aromatic nitrogens is 2. The van der Waals surface area contributed by atoms with E-state index < -0.39 is 29.0 Å². The molecule has 0 N–H and O–H groups in total. The van der Waals surface area contributed by atoms with Gasteiger partial charge in [0, 0.05) is 27.1 Å². The van der Waals surface area contributed by atoms with E-state index in [2.05, 4.69) is 30.3 Å². The van der Waals surface area contributed by atoms with Crippen molar-refractivity contribution in [3.8, 4) is 122 Å². The molecule has 0 saturated carbocycles. The van der Waals surface area contributed by atoms with E-state index in [0.717, 1.165) is 0 Å². The van der Waals surface area contributed by atoms with Crippen LogP contribution in [0.15, 0.2) is 176 Å². The molecule has 2 heterocycles. The standard InChI is InChI=1S/C71H29F6N11/c72-70(73,74)53-21-47(22-54(28-53)71(75,76)77)61-29-69(88-65-16-8-44(56-10-2-40(31-79)18-49(56)35-83)24-63(65)60-14-6-46(26-67(60)88)58-12-4-42(33-81)20-51(58)37-85)68(27-52(61)38-86)87-64-15-7-43(55-9-1-39(30-78)17-48(55)34-82)23-62(64)59-13-5-45(25-66(59)87)57-11-3-41(32-80)19-50(57)36-84/h1-29H. The molecule has 0 aliphatic heterocycles. The van der Waals surface area contributed by atoms with Crippen molar-refractivity contribution in [3.63, 3.8) is 0 Å². The van der Waals surface area contributed by atoms with Crippen LogP contribution in [0.1, 0.15) is 61.2 Å². The van der Waals surface area contributed by atoms with Crippen molar-refractivity contribution >= 4 is 43.6 Å². The number of benzene rings is 10. The van der Waals surface area contributed by atoms with Gasteiger partial charge in [-0.15, -0.1) is 0 Å². The summed E-state index contributed by atoms with van der Waals surface area (Å²) in [4.78, 5) is 0. The number of nitriles is 9. The Morgan fingerprint density at radius 2 is 0.568 bits per heavy atom. The Kier molecular flexibility index (Phi) is 13.3. The van der Waals surface area contributed by atoms with Crippen LogP contribution in [-0.2, 0) is 12.4 Å². The summed E-state index contributed by atoms with van der Waals surface area (Å²) in [5, 5.41) is 94.0. The molecule has 0 atom stereocenters. The first-order valence-corrected chi connectivity index (χ1v) is 26.3. The van der Waals surface area contributed by atoms with E-state index in [1.165, 1.54) is 42.5 Å². The highest BCUT2D eigenvalue weighted by Gasteiger charge is 2.38. The van der Waals surface area contributed by atoms with Gasteiger partial charge in [-0.25, -0.2) is 0 Å². The monoisotopic (exact) mass is 1150 g/mol. The lowest BCUT2D eigenvalue weighted by Gasteiger charge is -2.21. The van der Waals surface area contributed by atoms with Crippen molar-refractivity contribution in [2.24, 2.45) is 0 Å². The molecule has 17 heteroatoms. The van der Waals surface area contributed by atoms with Crippen LogP contribution in [0.3, 0.4) is 0 Å². The number of rotatable bonds is 7. The zero-order chi connectivity index (χ0) is 61.9. The minimum absolute atomic E-state index is 0.00584. The average molecular weight is 1150 g/mol. The molecule has 0 radical (unpaired) electrons. The summed E-state index contributed by atoms with van der Waals surface area (Å²) in [5.74, 6) is 0. The van der Waals surface area contributed by atoms with Gasteiger partial charge in [0.2, 0.25) is 0 Å². The van der Waals surface area contributed by atoms with E-state index in [-0.39, 0.29) is 73.1 Å². The molecule has 0 amide bonds. The molecule has 12 aromatic rings. The second kappa shape index (κ2) is 21.2. The Morgan fingerprint density at radius 1 is 0.250 bits per heavy atom. The summed E-state index contributed by atoms with van der Waals surface area (Å²) >= 11 is 0. The molecule has 11 nitrogen and oxygen atoms in total. The highest BCUT2D eigenvalue weighted by molar-refractivity contribution is 6.14. The second-order valence-corrected chi connectivity index (χ2v) is 20.3. The lowest BCUT2D eigenvalue weighted by atomic mass is 9.94. The van der Waals surface area contributed by atoms with Gasteiger partial charge in [0.25, 0.3) is 0 Å². The fourth-order valence-corrected chi connectivity index (χ4v) is 11.4. The van der Waals surface area contributed by atoms with Crippen molar-refractivity contribution in [2.45, 2.75) is 12.4 Å². The minimum Gasteiger partial charge on any atom is -0.307 e. The third-order valence-electron chi connectivity index (χ3n) is 15.5. The molecule has 10 aromatic carbocycles. The summed E-state index contributed by atoms with van der Waals surface area (Å²) in [7, 11) is 0. The summed E-state index contributed by atoms with van der Waals surface area (Å²) in [6.07, 6.45) is -10.6. The van der Waals surface area contributed by atoms with Gasteiger partial charge in [0.1, 0.15) is 0 Å². The zero-order valence-electron chi connectivity index (χ0n) is 44.9. The van der Waals surface area contributed by atoms with Gasteiger partial charge < -0.3 is 9.13 Å². The van der Waals surface area contributed by atoms with Gasteiger partial charge in [-0.3, -0.25) is 0 Å². The number of hydrogen-bond donors (Lipinski definition) is 0. The molecule has 12 rings (SSSR count). The van der Waals surface area contributed by atoms with Gasteiger partial charge >= 0.3 is 12.4 Å². The van der Waals surface area contributed by atoms with Gasteiger partial charge in [0.15, 0.2) is 0 Å². The molecule has 0 aliphatic carbocycles. The molecule has 0 spiro atoms. The predicted molar refractivity (Wildman–Crippen MR) is 315 cm³/mol. The van der Waals surface area contributed by atoms with E-state index in [1.54, 1.807) is 118 Å². The minimum atomic E-state index is -5.29. The topological polar surface area (TPSA) is 224 Å². The molecule has 0 unspecified atom stereocenters. The van der Waals surface area contributed by atoms with E-state index in [0.29, 0.717) is 100 Å². The smallest absolute Gasteiger partial charge is 0.307 e. The van der Waals surface area contributed by atoms with E-state index in [1.807, 2.05) is 30.3 Å². The first-order chi connectivity index (χ1) is 42.4. The van der Waals surface area contributed by atoms with E-state index >= 15 is 0 Å². The Hall–Kier alpha value is -13.2. The van der Waals surface area contributed by atoms with Crippen LogP contribution in [-0.4, -0.2) is 9.13 Å². The Bertz CT molecular complexity index is 5470.